The van der Waals surface area contributed by atoms with Crippen molar-refractivity contribution in [1.82, 2.24) is 0 Å². The van der Waals surface area contributed by atoms with Gasteiger partial charge in [-0.2, -0.15) is 0 Å². The van der Waals surface area contributed by atoms with E-state index in [0.29, 0.717) is 19.3 Å². The van der Waals surface area contributed by atoms with Crippen LogP contribution in [0.2, 0.25) is 0 Å². The van der Waals surface area contributed by atoms with Gasteiger partial charge >= 0.3 is 17.9 Å². The third kappa shape index (κ3) is 54.4. The van der Waals surface area contributed by atoms with Crippen molar-refractivity contribution >= 4 is 17.9 Å². The van der Waals surface area contributed by atoms with Gasteiger partial charge in [0.25, 0.3) is 0 Å². The van der Waals surface area contributed by atoms with E-state index in [1.807, 2.05) is 12.2 Å². The van der Waals surface area contributed by atoms with Crippen molar-refractivity contribution in [2.24, 2.45) is 0 Å². The van der Waals surface area contributed by atoms with Crippen LogP contribution in [-0.4, -0.2) is 37.2 Å². The molecule has 6 nitrogen and oxygen atoms in total. The van der Waals surface area contributed by atoms with Gasteiger partial charge in [0.1, 0.15) is 13.2 Å². The first-order valence-corrected chi connectivity index (χ1v) is 27.7. The molecule has 0 saturated carbocycles. The van der Waals surface area contributed by atoms with E-state index in [-0.39, 0.29) is 31.6 Å². The number of unbranched alkanes of at least 4 members (excludes halogenated alkanes) is 15. The molecule has 0 aromatic rings. The molecule has 0 N–H and O–H groups in total. The second-order valence-electron chi connectivity index (χ2n) is 17.7. The Kier molecular flexibility index (Phi) is 52.5. The summed E-state index contributed by atoms with van der Waals surface area (Å²) in [4.78, 5) is 38.0. The maximum atomic E-state index is 12.8. The van der Waals surface area contributed by atoms with Crippen LogP contribution in [0.15, 0.2) is 134 Å². The first-order chi connectivity index (χ1) is 34.0. The summed E-state index contributed by atoms with van der Waals surface area (Å²) >= 11 is 0. The fourth-order valence-electron chi connectivity index (χ4n) is 7.04. The molecule has 0 aliphatic carbocycles. The molecule has 0 bridgehead atoms. The van der Waals surface area contributed by atoms with Crippen LogP contribution in [0.5, 0.6) is 0 Å². The lowest BCUT2D eigenvalue weighted by molar-refractivity contribution is -0.166. The number of esters is 3. The van der Waals surface area contributed by atoms with E-state index < -0.39 is 12.1 Å². The predicted octanol–water partition coefficient (Wildman–Crippen LogP) is 18.6. The molecular formula is C63H100O6. The molecule has 1 atom stereocenters. The van der Waals surface area contributed by atoms with Gasteiger partial charge in [-0.25, -0.2) is 0 Å². The van der Waals surface area contributed by atoms with Gasteiger partial charge in [-0.3, -0.25) is 14.4 Å². The van der Waals surface area contributed by atoms with E-state index in [4.69, 9.17) is 14.2 Å². The summed E-state index contributed by atoms with van der Waals surface area (Å²) in [6.07, 6.45) is 78.8. The predicted molar refractivity (Wildman–Crippen MR) is 297 cm³/mol. The van der Waals surface area contributed by atoms with Crippen LogP contribution in [-0.2, 0) is 28.6 Å². The summed E-state index contributed by atoms with van der Waals surface area (Å²) < 4.78 is 16.7. The topological polar surface area (TPSA) is 78.9 Å². The molecule has 1 unspecified atom stereocenters. The Labute approximate surface area is 424 Å². The summed E-state index contributed by atoms with van der Waals surface area (Å²) in [6, 6.07) is 0. The van der Waals surface area contributed by atoms with Gasteiger partial charge in [0.05, 0.1) is 0 Å². The number of hydrogen-bond donors (Lipinski definition) is 0. The summed E-state index contributed by atoms with van der Waals surface area (Å²) in [6.45, 7) is 6.29. The van der Waals surface area contributed by atoms with Gasteiger partial charge in [-0.15, -0.1) is 0 Å². The molecule has 0 fully saturated rings. The Hall–Kier alpha value is -4.45. The standard InChI is InChI=1S/C63H100O6/c1-4-7-10-13-16-19-22-25-26-27-28-29-30-31-32-33-34-35-36-39-41-44-47-50-53-56-62(65)68-59-60(69-63(66)57-54-51-48-45-42-38-24-21-18-15-12-9-6-3)58-67-61(64)55-52-49-46-43-40-37-23-20-17-14-11-8-5-2/h7,9-10,12,16,18-21,23,25-26,28-29,31-32,34-35,38,42,48,51,60H,4-6,8,11,13-15,17,22,24,27,30,33,36-37,39-41,43-47,49-50,52-59H2,1-3H3/b10-7-,12-9-,19-16-,21-18-,23-20-,26-25-,29-28-,32-31-,35-34-,42-38-,51-48-. The quantitative estimate of drug-likeness (QED) is 0.0262. The highest BCUT2D eigenvalue weighted by Gasteiger charge is 2.19. The minimum absolute atomic E-state index is 0.120. The van der Waals surface area contributed by atoms with E-state index in [1.54, 1.807) is 0 Å². The molecule has 388 valence electrons. The van der Waals surface area contributed by atoms with E-state index >= 15 is 0 Å². The second-order valence-corrected chi connectivity index (χ2v) is 17.7. The summed E-state index contributed by atoms with van der Waals surface area (Å²) in [5.74, 6) is -1.03. The van der Waals surface area contributed by atoms with Crippen LogP contribution < -0.4 is 0 Å². The van der Waals surface area contributed by atoms with Crippen LogP contribution in [0.4, 0.5) is 0 Å². The molecule has 0 aromatic heterocycles. The highest BCUT2D eigenvalue weighted by Crippen LogP contribution is 2.13. The molecule has 0 aromatic carbocycles. The molecule has 0 rings (SSSR count). The van der Waals surface area contributed by atoms with E-state index in [1.165, 1.54) is 51.4 Å². The zero-order valence-corrected chi connectivity index (χ0v) is 44.3. The lowest BCUT2D eigenvalue weighted by Gasteiger charge is -2.18. The smallest absolute Gasteiger partial charge is 0.306 e. The lowest BCUT2D eigenvalue weighted by Crippen LogP contribution is -2.30. The molecular weight excluding hydrogens is 853 g/mol. The highest BCUT2D eigenvalue weighted by atomic mass is 16.6. The molecule has 0 heterocycles. The fraction of sp³-hybridized carbons (Fsp3) is 0.603. The number of carbonyl (C=O) groups excluding carboxylic acids is 3. The van der Waals surface area contributed by atoms with E-state index in [9.17, 15) is 14.4 Å². The van der Waals surface area contributed by atoms with Gasteiger partial charge in [0.15, 0.2) is 6.10 Å². The maximum Gasteiger partial charge on any atom is 0.306 e. The van der Waals surface area contributed by atoms with Crippen molar-refractivity contribution in [2.75, 3.05) is 13.2 Å². The minimum Gasteiger partial charge on any atom is -0.462 e. The molecule has 0 aliphatic rings. The van der Waals surface area contributed by atoms with Crippen molar-refractivity contribution in [2.45, 2.75) is 232 Å². The Balaban J connectivity index is 4.43. The van der Waals surface area contributed by atoms with E-state index in [0.717, 1.165) is 128 Å². The molecule has 0 radical (unpaired) electrons. The maximum absolute atomic E-state index is 12.8. The number of carbonyl (C=O) groups is 3. The lowest BCUT2D eigenvalue weighted by atomic mass is 10.1. The van der Waals surface area contributed by atoms with Crippen LogP contribution in [0, 0.1) is 0 Å². The molecule has 6 heteroatoms. The fourth-order valence-corrected chi connectivity index (χ4v) is 7.04. The van der Waals surface area contributed by atoms with Crippen LogP contribution in [0.25, 0.3) is 0 Å². The Morgan fingerprint density at radius 3 is 0.957 bits per heavy atom. The van der Waals surface area contributed by atoms with Crippen LogP contribution >= 0.6 is 0 Å². The molecule has 0 saturated heterocycles. The zero-order valence-electron chi connectivity index (χ0n) is 44.3. The summed E-state index contributed by atoms with van der Waals surface area (Å²) in [7, 11) is 0. The van der Waals surface area contributed by atoms with Crippen molar-refractivity contribution in [3.63, 3.8) is 0 Å². The van der Waals surface area contributed by atoms with Crippen LogP contribution in [0.3, 0.4) is 0 Å². The van der Waals surface area contributed by atoms with Crippen molar-refractivity contribution in [1.29, 1.82) is 0 Å². The van der Waals surface area contributed by atoms with Gasteiger partial charge in [-0.05, 0) is 122 Å². The average molecular weight is 953 g/mol. The Morgan fingerprint density at radius 2 is 0.594 bits per heavy atom. The first kappa shape index (κ1) is 64.5. The van der Waals surface area contributed by atoms with Crippen molar-refractivity contribution in [3.8, 4) is 0 Å². The summed E-state index contributed by atoms with van der Waals surface area (Å²) in [5, 5.41) is 0. The first-order valence-electron chi connectivity index (χ1n) is 27.7. The van der Waals surface area contributed by atoms with Crippen molar-refractivity contribution < 1.29 is 28.6 Å². The Morgan fingerprint density at radius 1 is 0.304 bits per heavy atom. The van der Waals surface area contributed by atoms with Gasteiger partial charge < -0.3 is 14.2 Å². The summed E-state index contributed by atoms with van der Waals surface area (Å²) in [5.41, 5.74) is 0. The minimum atomic E-state index is -0.830. The van der Waals surface area contributed by atoms with Gasteiger partial charge in [-0.1, -0.05) is 219 Å². The largest absolute Gasteiger partial charge is 0.462 e. The molecule has 0 amide bonds. The number of rotatable bonds is 48. The third-order valence-corrected chi connectivity index (χ3v) is 11.1. The highest BCUT2D eigenvalue weighted by molar-refractivity contribution is 5.71. The SMILES string of the molecule is CC/C=C\C/C=C\C/C=C\C/C=C\C/C=C\C/C=C\CCCCCCCCC(=O)OCC(COC(=O)CCCCCCC/C=C\CCCCCC)OC(=O)CC/C=C\C/C=C\C/C=C\C/C=C\CC. The van der Waals surface area contributed by atoms with Crippen LogP contribution in [0.1, 0.15) is 226 Å². The Bertz CT molecular complexity index is 1510. The van der Waals surface area contributed by atoms with Gasteiger partial charge in [0, 0.05) is 19.3 Å². The van der Waals surface area contributed by atoms with Crippen molar-refractivity contribution in [3.05, 3.63) is 134 Å². The molecule has 69 heavy (non-hydrogen) atoms. The molecule has 0 spiro atoms. The van der Waals surface area contributed by atoms with E-state index in [2.05, 4.69) is 142 Å². The molecule has 0 aliphatic heterocycles. The third-order valence-electron chi connectivity index (χ3n) is 11.1. The monoisotopic (exact) mass is 953 g/mol. The second kappa shape index (κ2) is 56.1. The average Bonchev–Trinajstić information content (AvgIpc) is 3.35. The normalized spacial score (nSPS) is 13.1. The zero-order chi connectivity index (χ0) is 50.0. The number of ether oxygens (including phenoxy) is 3. The van der Waals surface area contributed by atoms with Gasteiger partial charge in [0.2, 0.25) is 0 Å². The number of hydrogen-bond acceptors (Lipinski definition) is 6. The number of allylic oxidation sites excluding steroid dienone is 22.